The van der Waals surface area contributed by atoms with Gasteiger partial charge in [-0.2, -0.15) is 15.3 Å². The summed E-state index contributed by atoms with van der Waals surface area (Å²) in [4.78, 5) is 14.1. The molecule has 0 amide bonds. The second-order valence-corrected chi connectivity index (χ2v) is 8.68. The largest absolute Gasteiger partial charge is 0.379 e. The molecule has 0 aliphatic carbocycles. The average molecular weight is 409 g/mol. The third-order valence-electron chi connectivity index (χ3n) is 6.67. The molecule has 3 fully saturated rings. The van der Waals surface area contributed by atoms with Crippen LogP contribution in [0, 0.1) is 11.3 Å². The van der Waals surface area contributed by atoms with E-state index in [1.54, 1.807) is 10.9 Å². The quantitative estimate of drug-likeness (QED) is 0.803. The van der Waals surface area contributed by atoms with Crippen molar-refractivity contribution in [2.24, 2.45) is 7.05 Å². The molecular formula is C21H28N8O. The maximum atomic E-state index is 9.52. The van der Waals surface area contributed by atoms with Gasteiger partial charge in [-0.25, -0.2) is 4.98 Å². The minimum Gasteiger partial charge on any atom is -0.379 e. The van der Waals surface area contributed by atoms with Crippen LogP contribution in [0.4, 0.5) is 17.5 Å². The molecule has 0 saturated carbocycles. The highest BCUT2D eigenvalue weighted by atomic mass is 16.5. The van der Waals surface area contributed by atoms with Gasteiger partial charge in [-0.15, -0.1) is 0 Å². The molecule has 3 aliphatic rings. The van der Waals surface area contributed by atoms with E-state index in [4.69, 9.17) is 9.72 Å². The van der Waals surface area contributed by atoms with Crippen LogP contribution in [0.1, 0.15) is 32.1 Å². The predicted octanol–water partition coefficient (Wildman–Crippen LogP) is 2.07. The van der Waals surface area contributed by atoms with Gasteiger partial charge in [-0.1, -0.05) is 0 Å². The molecule has 1 unspecified atom stereocenters. The van der Waals surface area contributed by atoms with Crippen LogP contribution in [0.5, 0.6) is 0 Å². The maximum absolute atomic E-state index is 9.52. The molecule has 158 valence electrons. The predicted molar refractivity (Wildman–Crippen MR) is 112 cm³/mol. The average Bonchev–Trinajstić information content (AvgIpc) is 3.29. The lowest BCUT2D eigenvalue weighted by atomic mass is 9.85. The minimum atomic E-state index is -0.121. The normalized spacial score (nSPS) is 29.0. The summed E-state index contributed by atoms with van der Waals surface area (Å²) in [5, 5.41) is 16.9. The molecular weight excluding hydrogens is 380 g/mol. The second kappa shape index (κ2) is 7.85. The van der Waals surface area contributed by atoms with Crippen LogP contribution in [-0.2, 0) is 11.8 Å². The highest BCUT2D eigenvalue weighted by Crippen LogP contribution is 2.42. The lowest BCUT2D eigenvalue weighted by molar-refractivity contribution is -0.0731. The first-order valence-electron chi connectivity index (χ1n) is 10.7. The zero-order valence-corrected chi connectivity index (χ0v) is 17.4. The number of fused-ring (bicyclic) bond motifs is 2. The summed E-state index contributed by atoms with van der Waals surface area (Å²) < 4.78 is 7.60. The molecule has 1 N–H and O–H groups in total. The Morgan fingerprint density at radius 3 is 2.83 bits per heavy atom. The van der Waals surface area contributed by atoms with Gasteiger partial charge < -0.3 is 15.0 Å². The topological polar surface area (TPSA) is 95.1 Å². The number of aromatic nitrogens is 4. The maximum Gasteiger partial charge on any atom is 0.229 e. The summed E-state index contributed by atoms with van der Waals surface area (Å²) in [5.41, 5.74) is 0.749. The van der Waals surface area contributed by atoms with Gasteiger partial charge in [-0.3, -0.25) is 9.58 Å². The van der Waals surface area contributed by atoms with E-state index in [2.05, 4.69) is 31.3 Å². The number of ether oxygens (including phenoxy) is 1. The van der Waals surface area contributed by atoms with Gasteiger partial charge in [0.05, 0.1) is 36.5 Å². The Labute approximate surface area is 176 Å². The molecule has 9 nitrogen and oxygen atoms in total. The van der Waals surface area contributed by atoms with Gasteiger partial charge in [0, 0.05) is 51.2 Å². The fourth-order valence-corrected chi connectivity index (χ4v) is 5.48. The Kier molecular flexibility index (Phi) is 5.05. The Morgan fingerprint density at radius 1 is 1.33 bits per heavy atom. The zero-order chi connectivity index (χ0) is 20.6. The van der Waals surface area contributed by atoms with E-state index in [1.807, 2.05) is 25.5 Å². The van der Waals surface area contributed by atoms with Crippen LogP contribution < -0.4 is 10.2 Å². The van der Waals surface area contributed by atoms with Crippen molar-refractivity contribution in [2.75, 3.05) is 36.5 Å². The zero-order valence-electron chi connectivity index (χ0n) is 17.4. The standard InChI is InChI=1S/C21H28N8O/c1-27-12-16(11-24-27)25-20-23-9-5-19(26-20)28-13-17-3-4-18(14-28)29(17)21(7-8-22)6-2-10-30-15-21/h5,9,11-12,17-18H,2-4,6-7,10,13-15H2,1H3,(H,23,25,26)/t17-,18+,21?. The van der Waals surface area contributed by atoms with Crippen LogP contribution in [0.3, 0.4) is 0 Å². The van der Waals surface area contributed by atoms with E-state index in [1.165, 1.54) is 12.8 Å². The third kappa shape index (κ3) is 3.50. The van der Waals surface area contributed by atoms with Crippen LogP contribution in [-0.4, -0.2) is 68.6 Å². The van der Waals surface area contributed by atoms with Crippen molar-refractivity contribution < 1.29 is 4.74 Å². The monoisotopic (exact) mass is 408 g/mol. The Balaban J connectivity index is 1.33. The Morgan fingerprint density at radius 2 is 2.17 bits per heavy atom. The van der Waals surface area contributed by atoms with Gasteiger partial charge >= 0.3 is 0 Å². The molecule has 3 atom stereocenters. The number of aryl methyl sites for hydroxylation is 1. The molecule has 3 saturated heterocycles. The number of hydrogen-bond donors (Lipinski definition) is 1. The Bertz CT molecular complexity index is 917. The first kappa shape index (κ1) is 19.3. The van der Waals surface area contributed by atoms with Crippen molar-refractivity contribution >= 4 is 17.5 Å². The second-order valence-electron chi connectivity index (χ2n) is 8.68. The molecule has 30 heavy (non-hydrogen) atoms. The van der Waals surface area contributed by atoms with E-state index >= 15 is 0 Å². The number of piperazine rings is 1. The summed E-state index contributed by atoms with van der Waals surface area (Å²) in [6.45, 7) is 3.34. The third-order valence-corrected chi connectivity index (χ3v) is 6.67. The molecule has 2 bridgehead atoms. The fourth-order valence-electron chi connectivity index (χ4n) is 5.48. The number of anilines is 3. The van der Waals surface area contributed by atoms with Crippen molar-refractivity contribution in [1.82, 2.24) is 24.6 Å². The van der Waals surface area contributed by atoms with Crippen LogP contribution in [0.2, 0.25) is 0 Å². The van der Waals surface area contributed by atoms with E-state index in [-0.39, 0.29) is 5.54 Å². The highest BCUT2D eigenvalue weighted by molar-refractivity contribution is 5.53. The SMILES string of the molecule is Cn1cc(Nc2nccc(N3C[C@H]4CC[C@@H](C3)N4C3(CC#N)CCCOC3)n2)cn1. The summed E-state index contributed by atoms with van der Waals surface area (Å²) in [6, 6.07) is 5.30. The molecule has 5 rings (SSSR count). The smallest absolute Gasteiger partial charge is 0.229 e. The number of nitriles is 1. The number of rotatable bonds is 5. The number of hydrogen-bond acceptors (Lipinski definition) is 8. The van der Waals surface area contributed by atoms with Gasteiger partial charge in [0.1, 0.15) is 5.82 Å². The molecule has 9 heteroatoms. The van der Waals surface area contributed by atoms with Crippen LogP contribution in [0.15, 0.2) is 24.7 Å². The van der Waals surface area contributed by atoms with Crippen molar-refractivity contribution in [3.63, 3.8) is 0 Å². The summed E-state index contributed by atoms with van der Waals surface area (Å²) >= 11 is 0. The molecule has 2 aromatic heterocycles. The molecule has 5 heterocycles. The van der Waals surface area contributed by atoms with E-state index < -0.39 is 0 Å². The molecule has 3 aliphatic heterocycles. The molecule has 0 aromatic carbocycles. The van der Waals surface area contributed by atoms with Crippen LogP contribution in [0.25, 0.3) is 0 Å². The minimum absolute atomic E-state index is 0.121. The molecule has 2 aromatic rings. The van der Waals surface area contributed by atoms with E-state index in [0.29, 0.717) is 31.1 Å². The van der Waals surface area contributed by atoms with Gasteiger partial charge in [0.2, 0.25) is 5.95 Å². The summed E-state index contributed by atoms with van der Waals surface area (Å²) in [6.07, 6.45) is 10.4. The van der Waals surface area contributed by atoms with Crippen molar-refractivity contribution in [1.29, 1.82) is 5.26 Å². The summed E-state index contributed by atoms with van der Waals surface area (Å²) in [7, 11) is 1.88. The van der Waals surface area contributed by atoms with E-state index in [0.717, 1.165) is 44.0 Å². The van der Waals surface area contributed by atoms with Crippen LogP contribution >= 0.6 is 0 Å². The first-order chi connectivity index (χ1) is 14.7. The number of nitrogens with one attached hydrogen (secondary N) is 1. The van der Waals surface area contributed by atoms with E-state index in [9.17, 15) is 5.26 Å². The lowest BCUT2D eigenvalue weighted by Gasteiger charge is -2.52. The highest BCUT2D eigenvalue weighted by Gasteiger charge is 2.51. The van der Waals surface area contributed by atoms with Crippen molar-refractivity contribution in [3.8, 4) is 6.07 Å². The van der Waals surface area contributed by atoms with Crippen molar-refractivity contribution in [3.05, 3.63) is 24.7 Å². The van der Waals surface area contributed by atoms with Gasteiger partial charge in [0.25, 0.3) is 0 Å². The van der Waals surface area contributed by atoms with Gasteiger partial charge in [-0.05, 0) is 31.7 Å². The molecule has 0 radical (unpaired) electrons. The number of nitrogens with zero attached hydrogens (tertiary/aromatic N) is 7. The summed E-state index contributed by atoms with van der Waals surface area (Å²) in [5.74, 6) is 1.53. The van der Waals surface area contributed by atoms with Gasteiger partial charge in [0.15, 0.2) is 0 Å². The van der Waals surface area contributed by atoms with Crippen molar-refractivity contribution in [2.45, 2.75) is 49.7 Å². The first-order valence-corrected chi connectivity index (χ1v) is 10.7. The molecule has 0 spiro atoms. The lowest BCUT2D eigenvalue weighted by Crippen LogP contribution is -2.65. The Hall–Kier alpha value is -2.70. The fraction of sp³-hybridized carbons (Fsp3) is 0.619.